The van der Waals surface area contributed by atoms with Gasteiger partial charge in [0.1, 0.15) is 17.3 Å². The van der Waals surface area contributed by atoms with E-state index in [9.17, 15) is 24.1 Å². The third-order valence-corrected chi connectivity index (χ3v) is 3.44. The van der Waals surface area contributed by atoms with E-state index < -0.39 is 34.9 Å². The standard InChI is InChI=1S/C19H19FN2O6/c1-12(2)10-27-15-6-3-13(4-7-15)19(24)28-11-18(23)21-16-8-5-14(20)9-17(16)22(25)26/h3-9,12H,10-11H2,1-2H3,(H,21,23). The van der Waals surface area contributed by atoms with Gasteiger partial charge in [0.15, 0.2) is 6.61 Å². The van der Waals surface area contributed by atoms with Crippen molar-refractivity contribution in [3.8, 4) is 5.75 Å². The van der Waals surface area contributed by atoms with Crippen LogP contribution in [0.1, 0.15) is 24.2 Å². The zero-order valence-electron chi connectivity index (χ0n) is 15.3. The quantitative estimate of drug-likeness (QED) is 0.419. The minimum atomic E-state index is -0.826. The van der Waals surface area contributed by atoms with E-state index in [0.717, 1.165) is 12.1 Å². The number of ether oxygens (including phenoxy) is 2. The minimum absolute atomic E-state index is 0.195. The van der Waals surface area contributed by atoms with Gasteiger partial charge in [0.25, 0.3) is 11.6 Å². The molecule has 0 saturated carbocycles. The Kier molecular flexibility index (Phi) is 7.02. The van der Waals surface area contributed by atoms with Crippen molar-refractivity contribution >= 4 is 23.3 Å². The van der Waals surface area contributed by atoms with Crippen molar-refractivity contribution in [3.63, 3.8) is 0 Å². The second kappa shape index (κ2) is 9.45. The highest BCUT2D eigenvalue weighted by Crippen LogP contribution is 2.24. The molecular weight excluding hydrogens is 371 g/mol. The number of nitrogens with zero attached hydrogens (tertiary/aromatic N) is 1. The average Bonchev–Trinajstić information content (AvgIpc) is 2.66. The Morgan fingerprint density at radius 3 is 2.46 bits per heavy atom. The maximum Gasteiger partial charge on any atom is 0.338 e. The molecule has 0 aliphatic heterocycles. The maximum atomic E-state index is 13.1. The number of nitrogens with one attached hydrogen (secondary N) is 1. The van der Waals surface area contributed by atoms with E-state index >= 15 is 0 Å². The molecule has 8 nitrogen and oxygen atoms in total. The molecule has 0 unspecified atom stereocenters. The van der Waals surface area contributed by atoms with Crippen LogP contribution in [-0.4, -0.2) is 30.0 Å². The molecule has 0 atom stereocenters. The molecule has 0 bridgehead atoms. The van der Waals surface area contributed by atoms with E-state index in [2.05, 4.69) is 5.32 Å². The lowest BCUT2D eigenvalue weighted by Gasteiger charge is -2.09. The highest BCUT2D eigenvalue weighted by atomic mass is 19.1. The molecule has 1 N–H and O–H groups in total. The molecule has 1 amide bonds. The lowest BCUT2D eigenvalue weighted by molar-refractivity contribution is -0.384. The van der Waals surface area contributed by atoms with Crippen molar-refractivity contribution in [1.82, 2.24) is 0 Å². The van der Waals surface area contributed by atoms with Gasteiger partial charge in [-0.2, -0.15) is 0 Å². The summed E-state index contributed by atoms with van der Waals surface area (Å²) < 4.78 is 23.5. The van der Waals surface area contributed by atoms with E-state index in [1.54, 1.807) is 12.1 Å². The number of anilines is 1. The highest BCUT2D eigenvalue weighted by Gasteiger charge is 2.18. The number of carbonyl (C=O) groups is 2. The van der Waals surface area contributed by atoms with Crippen LogP contribution in [0.3, 0.4) is 0 Å². The fraction of sp³-hybridized carbons (Fsp3) is 0.263. The first-order valence-electron chi connectivity index (χ1n) is 8.40. The van der Waals surface area contributed by atoms with E-state index in [0.29, 0.717) is 24.3 Å². The third kappa shape index (κ3) is 6.04. The van der Waals surface area contributed by atoms with Gasteiger partial charge in [-0.15, -0.1) is 0 Å². The van der Waals surface area contributed by atoms with Crippen LogP contribution in [0.5, 0.6) is 5.75 Å². The van der Waals surface area contributed by atoms with Crippen LogP contribution in [0.4, 0.5) is 15.8 Å². The first-order valence-corrected chi connectivity index (χ1v) is 8.40. The van der Waals surface area contributed by atoms with Crippen molar-refractivity contribution in [2.75, 3.05) is 18.5 Å². The lowest BCUT2D eigenvalue weighted by atomic mass is 10.2. The summed E-state index contributed by atoms with van der Waals surface area (Å²) in [5.74, 6) is -1.37. The number of carbonyl (C=O) groups excluding carboxylic acids is 2. The molecule has 0 aromatic heterocycles. The number of benzene rings is 2. The molecule has 148 valence electrons. The molecule has 0 aliphatic rings. The van der Waals surface area contributed by atoms with Crippen molar-refractivity contribution in [2.45, 2.75) is 13.8 Å². The van der Waals surface area contributed by atoms with Crippen LogP contribution in [0.25, 0.3) is 0 Å². The lowest BCUT2D eigenvalue weighted by Crippen LogP contribution is -2.21. The first-order chi connectivity index (χ1) is 13.3. The summed E-state index contributed by atoms with van der Waals surface area (Å²) in [6.45, 7) is 3.91. The second-order valence-corrected chi connectivity index (χ2v) is 6.27. The zero-order chi connectivity index (χ0) is 20.7. The van der Waals surface area contributed by atoms with Crippen molar-refractivity contribution in [3.05, 3.63) is 64.0 Å². The largest absolute Gasteiger partial charge is 0.493 e. The van der Waals surface area contributed by atoms with Crippen molar-refractivity contribution < 1.29 is 28.4 Å². The molecule has 0 fully saturated rings. The molecule has 0 aliphatic carbocycles. The second-order valence-electron chi connectivity index (χ2n) is 6.27. The first kappa shape index (κ1) is 20.8. The van der Waals surface area contributed by atoms with Gasteiger partial charge in [-0.3, -0.25) is 14.9 Å². The Balaban J connectivity index is 1.90. The number of halogens is 1. The summed E-state index contributed by atoms with van der Waals surface area (Å²) in [5, 5.41) is 13.1. The van der Waals surface area contributed by atoms with E-state index in [4.69, 9.17) is 9.47 Å². The topological polar surface area (TPSA) is 108 Å². The number of hydrogen-bond acceptors (Lipinski definition) is 6. The van der Waals surface area contributed by atoms with Crippen LogP contribution < -0.4 is 10.1 Å². The van der Waals surface area contributed by atoms with Crippen LogP contribution in [0, 0.1) is 21.8 Å². The molecule has 2 rings (SSSR count). The Hall–Kier alpha value is -3.49. The van der Waals surface area contributed by atoms with E-state index in [1.165, 1.54) is 12.1 Å². The molecule has 28 heavy (non-hydrogen) atoms. The van der Waals surface area contributed by atoms with Gasteiger partial charge in [0, 0.05) is 0 Å². The molecular formula is C19H19FN2O6. The van der Waals surface area contributed by atoms with Crippen LogP contribution >= 0.6 is 0 Å². The van der Waals surface area contributed by atoms with Gasteiger partial charge in [-0.1, -0.05) is 13.8 Å². The Bertz CT molecular complexity index is 867. The van der Waals surface area contributed by atoms with Gasteiger partial charge >= 0.3 is 5.97 Å². The summed E-state index contributed by atoms with van der Waals surface area (Å²) in [4.78, 5) is 34.0. The molecule has 0 radical (unpaired) electrons. The molecule has 0 spiro atoms. The average molecular weight is 390 g/mol. The van der Waals surface area contributed by atoms with Crippen LogP contribution in [-0.2, 0) is 9.53 Å². The summed E-state index contributed by atoms with van der Waals surface area (Å²) in [5.41, 5.74) is -0.576. The fourth-order valence-electron chi connectivity index (χ4n) is 2.11. The smallest absolute Gasteiger partial charge is 0.338 e. The number of rotatable bonds is 8. The van der Waals surface area contributed by atoms with Crippen molar-refractivity contribution in [1.29, 1.82) is 0 Å². The highest BCUT2D eigenvalue weighted by molar-refractivity contribution is 5.96. The molecule has 9 heteroatoms. The minimum Gasteiger partial charge on any atom is -0.493 e. The van der Waals surface area contributed by atoms with Crippen LogP contribution in [0.2, 0.25) is 0 Å². The number of nitro groups is 1. The SMILES string of the molecule is CC(C)COc1ccc(C(=O)OCC(=O)Nc2ccc(F)cc2[N+](=O)[O-])cc1. The van der Waals surface area contributed by atoms with Gasteiger partial charge in [-0.05, 0) is 42.3 Å². The van der Waals surface area contributed by atoms with Gasteiger partial charge in [0.2, 0.25) is 0 Å². The zero-order valence-corrected chi connectivity index (χ0v) is 15.3. The summed E-state index contributed by atoms with van der Waals surface area (Å²) in [6, 6.07) is 8.94. The number of esters is 1. The number of amides is 1. The predicted molar refractivity (Wildman–Crippen MR) is 98.7 cm³/mol. The number of hydrogen-bond donors (Lipinski definition) is 1. The van der Waals surface area contributed by atoms with Gasteiger partial charge < -0.3 is 14.8 Å². The predicted octanol–water partition coefficient (Wildman–Crippen LogP) is 3.56. The molecule has 0 saturated heterocycles. The third-order valence-electron chi connectivity index (χ3n) is 3.44. The van der Waals surface area contributed by atoms with Gasteiger partial charge in [-0.25, -0.2) is 9.18 Å². The number of nitro benzene ring substituents is 1. The molecule has 0 heterocycles. The summed E-state index contributed by atoms with van der Waals surface area (Å²) in [7, 11) is 0. The normalized spacial score (nSPS) is 10.4. The van der Waals surface area contributed by atoms with Crippen molar-refractivity contribution in [2.24, 2.45) is 5.92 Å². The van der Waals surface area contributed by atoms with Crippen LogP contribution in [0.15, 0.2) is 42.5 Å². The molecule has 2 aromatic carbocycles. The Morgan fingerprint density at radius 2 is 1.86 bits per heavy atom. The fourth-order valence-corrected chi connectivity index (χ4v) is 2.11. The Labute approximate surface area is 160 Å². The van der Waals surface area contributed by atoms with E-state index in [-0.39, 0.29) is 11.3 Å². The molecule has 2 aromatic rings. The van der Waals surface area contributed by atoms with Gasteiger partial charge in [0.05, 0.1) is 23.2 Å². The monoisotopic (exact) mass is 390 g/mol. The summed E-state index contributed by atoms with van der Waals surface area (Å²) >= 11 is 0. The maximum absolute atomic E-state index is 13.1. The summed E-state index contributed by atoms with van der Waals surface area (Å²) in [6.07, 6.45) is 0. The Morgan fingerprint density at radius 1 is 1.18 bits per heavy atom. The van der Waals surface area contributed by atoms with E-state index in [1.807, 2.05) is 13.8 Å².